The normalized spacial score (nSPS) is 21.7. The lowest BCUT2D eigenvalue weighted by atomic mass is 10.0. The average molecular weight is 276 g/mol. The van der Waals surface area contributed by atoms with Crippen LogP contribution < -0.4 is 0 Å². The van der Waals surface area contributed by atoms with Crippen LogP contribution >= 0.6 is 23.2 Å². The smallest absolute Gasteiger partial charge is 0.123 e. The van der Waals surface area contributed by atoms with Crippen molar-refractivity contribution in [1.29, 1.82) is 0 Å². The number of alkyl halides is 1. The van der Waals surface area contributed by atoms with Crippen LogP contribution in [0.2, 0.25) is 5.02 Å². The minimum Gasteiger partial charge on any atom is -0.295 e. The van der Waals surface area contributed by atoms with Crippen LogP contribution in [0.1, 0.15) is 24.8 Å². The Hall–Kier alpha value is -0.310. The molecule has 0 aliphatic carbocycles. The van der Waals surface area contributed by atoms with Crippen LogP contribution in [0.4, 0.5) is 4.39 Å². The van der Waals surface area contributed by atoms with Crippen molar-refractivity contribution in [3.05, 3.63) is 34.6 Å². The van der Waals surface area contributed by atoms with Crippen molar-refractivity contribution in [2.75, 3.05) is 12.4 Å². The van der Waals surface area contributed by atoms with Crippen molar-refractivity contribution >= 4 is 23.2 Å². The zero-order valence-corrected chi connectivity index (χ0v) is 11.1. The van der Waals surface area contributed by atoms with E-state index in [0.29, 0.717) is 23.5 Å². The van der Waals surface area contributed by atoms with E-state index < -0.39 is 0 Å². The van der Waals surface area contributed by atoms with Crippen LogP contribution in [0.5, 0.6) is 0 Å². The van der Waals surface area contributed by atoms with Gasteiger partial charge in [-0.1, -0.05) is 18.0 Å². The molecule has 0 aromatic heterocycles. The lowest BCUT2D eigenvalue weighted by Crippen LogP contribution is -2.40. The quantitative estimate of drug-likeness (QED) is 0.752. The zero-order valence-electron chi connectivity index (χ0n) is 9.63. The summed E-state index contributed by atoms with van der Waals surface area (Å²) >= 11 is 12.0. The van der Waals surface area contributed by atoms with Gasteiger partial charge in [-0.15, -0.1) is 11.6 Å². The summed E-state index contributed by atoms with van der Waals surface area (Å²) in [5.74, 6) is 0.399. The molecule has 0 spiro atoms. The van der Waals surface area contributed by atoms with Gasteiger partial charge in [0.2, 0.25) is 0 Å². The molecule has 1 aliphatic rings. The predicted octanol–water partition coefficient (Wildman–Crippen LogP) is 4.07. The maximum atomic E-state index is 13.2. The summed E-state index contributed by atoms with van der Waals surface area (Å²) in [6.07, 6.45) is 3.53. The highest BCUT2D eigenvalue weighted by molar-refractivity contribution is 6.31. The van der Waals surface area contributed by atoms with Crippen LogP contribution in [-0.2, 0) is 6.54 Å². The summed E-state index contributed by atoms with van der Waals surface area (Å²) < 4.78 is 13.2. The van der Waals surface area contributed by atoms with Gasteiger partial charge in [-0.25, -0.2) is 4.39 Å². The number of hydrogen-bond donors (Lipinski definition) is 0. The molecule has 1 heterocycles. The molecule has 2 rings (SSSR count). The van der Waals surface area contributed by atoms with Gasteiger partial charge >= 0.3 is 0 Å². The van der Waals surface area contributed by atoms with E-state index in [1.165, 1.54) is 25.0 Å². The topological polar surface area (TPSA) is 3.24 Å². The van der Waals surface area contributed by atoms with Crippen molar-refractivity contribution in [1.82, 2.24) is 4.90 Å². The summed E-state index contributed by atoms with van der Waals surface area (Å²) in [5.41, 5.74) is 0.851. The van der Waals surface area contributed by atoms with Crippen molar-refractivity contribution in [3.63, 3.8) is 0 Å². The molecule has 0 amide bonds. The molecule has 94 valence electrons. The van der Waals surface area contributed by atoms with Gasteiger partial charge in [0.05, 0.1) is 0 Å². The van der Waals surface area contributed by atoms with E-state index in [1.54, 1.807) is 6.07 Å². The van der Waals surface area contributed by atoms with Crippen LogP contribution in [0.3, 0.4) is 0 Å². The molecule has 1 fully saturated rings. The number of nitrogens with zero attached hydrogens (tertiary/aromatic N) is 1. The Morgan fingerprint density at radius 3 is 2.94 bits per heavy atom. The van der Waals surface area contributed by atoms with Gasteiger partial charge < -0.3 is 0 Å². The van der Waals surface area contributed by atoms with Gasteiger partial charge in [-0.2, -0.15) is 0 Å². The van der Waals surface area contributed by atoms with Crippen LogP contribution in [-0.4, -0.2) is 23.4 Å². The molecule has 1 nitrogen and oxygen atoms in total. The van der Waals surface area contributed by atoms with Crippen molar-refractivity contribution in [2.45, 2.75) is 31.8 Å². The molecule has 4 heteroatoms. The first-order valence-electron chi connectivity index (χ1n) is 5.94. The number of hydrogen-bond acceptors (Lipinski definition) is 1. The molecule has 0 saturated carbocycles. The van der Waals surface area contributed by atoms with Crippen LogP contribution in [0.15, 0.2) is 18.2 Å². The summed E-state index contributed by atoms with van der Waals surface area (Å²) in [7, 11) is 0. The van der Waals surface area contributed by atoms with Crippen molar-refractivity contribution in [3.8, 4) is 0 Å². The van der Waals surface area contributed by atoms with Gasteiger partial charge in [0.15, 0.2) is 0 Å². The van der Waals surface area contributed by atoms with Crippen LogP contribution in [0.25, 0.3) is 0 Å². The number of piperidine rings is 1. The Labute approximate surface area is 112 Å². The number of halogens is 3. The second-order valence-corrected chi connectivity index (χ2v) is 5.23. The van der Waals surface area contributed by atoms with Crippen molar-refractivity contribution in [2.24, 2.45) is 0 Å². The molecule has 0 bridgehead atoms. The molecule has 17 heavy (non-hydrogen) atoms. The maximum Gasteiger partial charge on any atom is 0.123 e. The second-order valence-electron chi connectivity index (χ2n) is 4.51. The second kappa shape index (κ2) is 6.03. The third kappa shape index (κ3) is 3.34. The van der Waals surface area contributed by atoms with Gasteiger partial charge in [-0.05, 0) is 43.1 Å². The molecule has 1 atom stereocenters. The standard InChI is InChI=1S/C13H16Cl2FN/c14-8-12-3-1-2-6-17(12)9-10-7-11(16)4-5-13(10)15/h4-5,7,12H,1-3,6,8-9H2. The summed E-state index contributed by atoms with van der Waals surface area (Å²) in [6, 6.07) is 4.92. The first-order valence-corrected chi connectivity index (χ1v) is 6.86. The summed E-state index contributed by atoms with van der Waals surface area (Å²) in [6.45, 7) is 1.71. The molecule has 1 aromatic carbocycles. The number of likely N-dealkylation sites (tertiary alicyclic amines) is 1. The van der Waals surface area contributed by atoms with Crippen molar-refractivity contribution < 1.29 is 4.39 Å². The van der Waals surface area contributed by atoms with Gasteiger partial charge in [0.1, 0.15) is 5.82 Å². The minimum atomic E-state index is -0.233. The Kier molecular flexibility index (Phi) is 4.66. The Morgan fingerprint density at radius 2 is 2.18 bits per heavy atom. The molecule has 0 radical (unpaired) electrons. The van der Waals surface area contributed by atoms with E-state index in [-0.39, 0.29) is 5.82 Å². The number of benzene rings is 1. The largest absolute Gasteiger partial charge is 0.295 e. The monoisotopic (exact) mass is 275 g/mol. The fourth-order valence-corrected chi connectivity index (χ4v) is 2.85. The molecule has 1 saturated heterocycles. The molecular formula is C13H16Cl2FN. The first-order chi connectivity index (χ1) is 8.20. The molecule has 0 N–H and O–H groups in total. The Bertz CT molecular complexity index is 384. The number of rotatable bonds is 3. The summed E-state index contributed by atoms with van der Waals surface area (Å²) in [4.78, 5) is 2.30. The summed E-state index contributed by atoms with van der Waals surface area (Å²) in [5, 5.41) is 0.630. The maximum absolute atomic E-state index is 13.2. The van der Waals surface area contributed by atoms with Gasteiger partial charge in [-0.3, -0.25) is 4.90 Å². The average Bonchev–Trinajstić information content (AvgIpc) is 2.34. The molecular weight excluding hydrogens is 260 g/mol. The predicted molar refractivity (Wildman–Crippen MR) is 70.2 cm³/mol. The highest BCUT2D eigenvalue weighted by Gasteiger charge is 2.22. The van der Waals surface area contributed by atoms with Gasteiger partial charge in [0.25, 0.3) is 0 Å². The lowest BCUT2D eigenvalue weighted by molar-refractivity contribution is 0.155. The molecule has 1 aliphatic heterocycles. The van der Waals surface area contributed by atoms with E-state index in [4.69, 9.17) is 23.2 Å². The fourth-order valence-electron chi connectivity index (χ4n) is 2.33. The first kappa shape index (κ1) is 13.1. The Balaban J connectivity index is 2.10. The Morgan fingerprint density at radius 1 is 1.35 bits per heavy atom. The van der Waals surface area contributed by atoms with E-state index in [0.717, 1.165) is 18.5 Å². The third-order valence-corrected chi connectivity index (χ3v) is 4.03. The van der Waals surface area contributed by atoms with E-state index in [9.17, 15) is 4.39 Å². The van der Waals surface area contributed by atoms with E-state index in [1.807, 2.05) is 0 Å². The highest BCUT2D eigenvalue weighted by Crippen LogP contribution is 2.24. The lowest BCUT2D eigenvalue weighted by Gasteiger charge is -2.34. The molecule has 1 aromatic rings. The fraction of sp³-hybridized carbons (Fsp3) is 0.538. The zero-order chi connectivity index (χ0) is 12.3. The minimum absolute atomic E-state index is 0.233. The van der Waals surface area contributed by atoms with Crippen LogP contribution in [0, 0.1) is 5.82 Å². The third-order valence-electron chi connectivity index (χ3n) is 3.31. The van der Waals surface area contributed by atoms with Gasteiger partial charge in [0, 0.05) is 23.5 Å². The van der Waals surface area contributed by atoms with E-state index in [2.05, 4.69) is 4.90 Å². The highest BCUT2D eigenvalue weighted by atomic mass is 35.5. The van der Waals surface area contributed by atoms with E-state index >= 15 is 0 Å². The molecule has 1 unspecified atom stereocenters. The SMILES string of the molecule is Fc1ccc(Cl)c(CN2CCCCC2CCl)c1.